The van der Waals surface area contributed by atoms with Crippen molar-refractivity contribution in [1.82, 2.24) is 15.3 Å². The van der Waals surface area contributed by atoms with Crippen LogP contribution in [0.3, 0.4) is 0 Å². The average Bonchev–Trinajstić information content (AvgIpc) is 3.55. The van der Waals surface area contributed by atoms with Gasteiger partial charge >= 0.3 is 6.09 Å². The van der Waals surface area contributed by atoms with E-state index < -0.39 is 6.09 Å². The summed E-state index contributed by atoms with van der Waals surface area (Å²) in [6, 6.07) is 13.2. The van der Waals surface area contributed by atoms with Gasteiger partial charge in [0, 0.05) is 5.69 Å². The van der Waals surface area contributed by atoms with E-state index in [2.05, 4.69) is 50.9 Å². The first-order chi connectivity index (χ1) is 19.9. The Morgan fingerprint density at radius 3 is 2.76 bits per heavy atom. The van der Waals surface area contributed by atoms with Crippen molar-refractivity contribution in [2.45, 2.75) is 38.8 Å². The van der Waals surface area contributed by atoms with Gasteiger partial charge in [-0.2, -0.15) is 0 Å². The molecule has 11 heteroatoms. The van der Waals surface area contributed by atoms with E-state index in [9.17, 15) is 9.59 Å². The van der Waals surface area contributed by atoms with Gasteiger partial charge in [0.15, 0.2) is 18.2 Å². The molecule has 1 aliphatic carbocycles. The SMILES string of the molecule is COc1ccc(CN2C(=O)COc3ccc(N4CC(CCNCC5Cc6cc(I)nc(C)c6C5)OC4=O)nc32)cc1. The topological polar surface area (TPSA) is 106 Å². The minimum Gasteiger partial charge on any atom is -0.497 e. The van der Waals surface area contributed by atoms with Crippen LogP contribution in [-0.2, 0) is 28.9 Å². The van der Waals surface area contributed by atoms with Gasteiger partial charge in [-0.15, -0.1) is 0 Å². The standard InChI is InChI=1S/C30H32IN5O5/c1-18-24-12-20(11-21(24)13-26(31)33-18)14-32-10-9-23-16-35(30(38)41-23)27-8-7-25-29(34-27)36(28(37)17-40-25)15-19-3-5-22(39-2)6-4-19/h3-8,13,20,23,32H,9-12,14-17H2,1-2H3. The maximum absolute atomic E-state index is 12.8. The smallest absolute Gasteiger partial charge is 0.415 e. The predicted molar refractivity (Wildman–Crippen MR) is 162 cm³/mol. The van der Waals surface area contributed by atoms with E-state index in [0.717, 1.165) is 46.6 Å². The van der Waals surface area contributed by atoms with E-state index in [0.29, 0.717) is 42.8 Å². The van der Waals surface area contributed by atoms with Gasteiger partial charge in [0.25, 0.3) is 5.91 Å². The maximum Gasteiger partial charge on any atom is 0.415 e. The summed E-state index contributed by atoms with van der Waals surface area (Å²) in [7, 11) is 1.61. The Bertz CT molecular complexity index is 1470. The molecule has 0 saturated carbocycles. The molecule has 2 aromatic heterocycles. The van der Waals surface area contributed by atoms with Crippen molar-refractivity contribution in [1.29, 1.82) is 0 Å². The van der Waals surface area contributed by atoms with Crippen molar-refractivity contribution in [3.63, 3.8) is 0 Å². The molecular formula is C30H32IN5O5. The lowest BCUT2D eigenvalue weighted by Crippen LogP contribution is -2.39. The summed E-state index contributed by atoms with van der Waals surface area (Å²) in [6.45, 7) is 4.43. The highest BCUT2D eigenvalue weighted by atomic mass is 127. The number of amides is 2. The number of anilines is 2. The van der Waals surface area contributed by atoms with Gasteiger partial charge in [0.1, 0.15) is 21.4 Å². The van der Waals surface area contributed by atoms with Crippen LogP contribution in [0, 0.1) is 16.5 Å². The van der Waals surface area contributed by atoms with E-state index in [-0.39, 0.29) is 18.6 Å². The van der Waals surface area contributed by atoms with E-state index in [4.69, 9.17) is 14.2 Å². The fourth-order valence-electron chi connectivity index (χ4n) is 5.72. The van der Waals surface area contributed by atoms with Crippen LogP contribution in [0.2, 0.25) is 0 Å². The van der Waals surface area contributed by atoms with Crippen molar-refractivity contribution in [3.05, 3.63) is 68.5 Å². The molecule has 6 rings (SSSR count). The molecule has 1 saturated heterocycles. The number of pyridine rings is 2. The van der Waals surface area contributed by atoms with Crippen molar-refractivity contribution in [2.24, 2.45) is 5.92 Å². The molecule has 1 N–H and O–H groups in total. The van der Waals surface area contributed by atoms with Crippen LogP contribution in [0.1, 0.15) is 28.8 Å². The second kappa shape index (κ2) is 11.8. The molecule has 2 atom stereocenters. The highest BCUT2D eigenvalue weighted by Gasteiger charge is 2.35. The number of halogens is 1. The minimum atomic E-state index is -0.434. The fraction of sp³-hybridized carbons (Fsp3) is 0.400. The Kier molecular flexibility index (Phi) is 7.98. The van der Waals surface area contributed by atoms with Gasteiger partial charge in [0.05, 0.1) is 20.2 Å². The Hall–Kier alpha value is -3.45. The molecule has 10 nitrogen and oxygen atoms in total. The van der Waals surface area contributed by atoms with Gasteiger partial charge < -0.3 is 19.5 Å². The molecule has 0 spiro atoms. The molecule has 0 radical (unpaired) electrons. The number of methoxy groups -OCH3 is 1. The number of benzene rings is 1. The first-order valence-corrected chi connectivity index (χ1v) is 14.9. The number of fused-ring (bicyclic) bond motifs is 2. The van der Waals surface area contributed by atoms with Gasteiger partial charge in [-0.25, -0.2) is 14.8 Å². The molecule has 2 unspecified atom stereocenters. The molecule has 2 amide bonds. The van der Waals surface area contributed by atoms with Gasteiger partial charge in [0.2, 0.25) is 0 Å². The number of carbonyl (C=O) groups excluding carboxylic acids is 2. The Balaban J connectivity index is 1.05. The largest absolute Gasteiger partial charge is 0.497 e. The zero-order chi connectivity index (χ0) is 28.5. The van der Waals surface area contributed by atoms with Crippen molar-refractivity contribution in [3.8, 4) is 11.5 Å². The Morgan fingerprint density at radius 1 is 1.12 bits per heavy atom. The first kappa shape index (κ1) is 27.7. The molecule has 0 bridgehead atoms. The predicted octanol–water partition coefficient (Wildman–Crippen LogP) is 4.04. The first-order valence-electron chi connectivity index (χ1n) is 13.8. The van der Waals surface area contributed by atoms with Crippen LogP contribution < -0.4 is 24.6 Å². The van der Waals surface area contributed by atoms with E-state index >= 15 is 0 Å². The number of nitrogens with zero attached hydrogens (tertiary/aromatic N) is 4. The molecule has 1 fully saturated rings. The molecule has 2 aliphatic heterocycles. The fourth-order valence-corrected chi connectivity index (χ4v) is 6.46. The Labute approximate surface area is 252 Å². The summed E-state index contributed by atoms with van der Waals surface area (Å²) < 4.78 is 17.6. The quantitative estimate of drug-likeness (QED) is 0.207. The number of rotatable bonds is 9. The number of hydrogen-bond acceptors (Lipinski definition) is 8. The van der Waals surface area contributed by atoms with Gasteiger partial charge in [-0.3, -0.25) is 14.6 Å². The second-order valence-corrected chi connectivity index (χ2v) is 11.8. The summed E-state index contributed by atoms with van der Waals surface area (Å²) in [6.07, 6.45) is 2.15. The van der Waals surface area contributed by atoms with Crippen molar-refractivity contribution >= 4 is 46.2 Å². The Morgan fingerprint density at radius 2 is 1.95 bits per heavy atom. The van der Waals surface area contributed by atoms with Crippen LogP contribution in [0.4, 0.5) is 16.4 Å². The molecule has 1 aromatic carbocycles. The number of aryl methyl sites for hydroxylation is 1. The monoisotopic (exact) mass is 669 g/mol. The zero-order valence-electron chi connectivity index (χ0n) is 23.1. The number of carbonyl (C=O) groups is 2. The number of hydrogen-bond donors (Lipinski definition) is 1. The third kappa shape index (κ3) is 5.96. The van der Waals surface area contributed by atoms with Crippen LogP contribution >= 0.6 is 22.6 Å². The summed E-state index contributed by atoms with van der Waals surface area (Å²) in [5, 5.41) is 3.56. The maximum atomic E-state index is 12.8. The van der Waals surface area contributed by atoms with Crippen molar-refractivity contribution in [2.75, 3.05) is 43.2 Å². The molecule has 41 heavy (non-hydrogen) atoms. The highest BCUT2D eigenvalue weighted by Crippen LogP contribution is 2.35. The van der Waals surface area contributed by atoms with Crippen LogP contribution in [0.25, 0.3) is 0 Å². The normalized spacial score (nSPS) is 19.6. The van der Waals surface area contributed by atoms with Crippen LogP contribution in [0.5, 0.6) is 11.5 Å². The highest BCUT2D eigenvalue weighted by molar-refractivity contribution is 14.1. The zero-order valence-corrected chi connectivity index (χ0v) is 25.2. The molecule has 3 aromatic rings. The van der Waals surface area contributed by atoms with Crippen LogP contribution in [-0.4, -0.2) is 61.4 Å². The van der Waals surface area contributed by atoms with Gasteiger partial charge in [-0.1, -0.05) is 12.1 Å². The van der Waals surface area contributed by atoms with Crippen LogP contribution in [0.15, 0.2) is 42.5 Å². The van der Waals surface area contributed by atoms with E-state index in [1.165, 1.54) is 16.0 Å². The number of ether oxygens (including phenoxy) is 3. The summed E-state index contributed by atoms with van der Waals surface area (Å²) in [4.78, 5) is 38.0. The minimum absolute atomic E-state index is 0.0617. The number of cyclic esters (lactones) is 1. The molecule has 4 heterocycles. The average molecular weight is 670 g/mol. The third-order valence-electron chi connectivity index (χ3n) is 7.85. The third-order valence-corrected chi connectivity index (χ3v) is 8.41. The van der Waals surface area contributed by atoms with Crippen molar-refractivity contribution < 1.29 is 23.8 Å². The second-order valence-electron chi connectivity index (χ2n) is 10.7. The van der Waals surface area contributed by atoms with E-state index in [1.807, 2.05) is 24.3 Å². The summed E-state index contributed by atoms with van der Waals surface area (Å²) in [5.74, 6) is 2.43. The lowest BCUT2D eigenvalue weighted by Gasteiger charge is -2.29. The van der Waals surface area contributed by atoms with Gasteiger partial charge in [-0.05, 0) is 115 Å². The summed E-state index contributed by atoms with van der Waals surface area (Å²) >= 11 is 2.28. The summed E-state index contributed by atoms with van der Waals surface area (Å²) in [5.41, 5.74) is 4.88. The lowest BCUT2D eigenvalue weighted by atomic mass is 10.1. The molecular weight excluding hydrogens is 637 g/mol. The lowest BCUT2D eigenvalue weighted by molar-refractivity contribution is -0.121. The molecule has 3 aliphatic rings. The molecule has 214 valence electrons. The number of aromatic nitrogens is 2. The number of nitrogens with one attached hydrogen (secondary N) is 1. The van der Waals surface area contributed by atoms with E-state index in [1.54, 1.807) is 24.1 Å².